The Kier molecular flexibility index (Phi) is 7.38. The first-order chi connectivity index (χ1) is 14.0. The minimum atomic E-state index is -0.0751. The molecule has 0 aliphatic carbocycles. The Balaban J connectivity index is 1.39. The van der Waals surface area contributed by atoms with E-state index < -0.39 is 0 Å². The average Bonchev–Trinajstić information content (AvgIpc) is 2.69. The zero-order valence-electron chi connectivity index (χ0n) is 17.4. The van der Waals surface area contributed by atoms with Crippen LogP contribution >= 0.6 is 0 Å². The fourth-order valence-corrected chi connectivity index (χ4v) is 3.79. The summed E-state index contributed by atoms with van der Waals surface area (Å²) in [7, 11) is 1.89. The van der Waals surface area contributed by atoms with E-state index in [2.05, 4.69) is 36.5 Å². The number of quaternary nitrogens is 2. The molecule has 2 aromatic rings. The van der Waals surface area contributed by atoms with Gasteiger partial charge in [0.05, 0.1) is 33.2 Å². The molecule has 0 spiro atoms. The van der Waals surface area contributed by atoms with Crippen LogP contribution in [0.4, 0.5) is 5.69 Å². The minimum Gasteiger partial charge on any atom is -0.328 e. The number of amides is 2. The zero-order valence-corrected chi connectivity index (χ0v) is 17.4. The molecule has 3 N–H and O–H groups in total. The molecule has 0 bridgehead atoms. The van der Waals surface area contributed by atoms with Gasteiger partial charge in [-0.3, -0.25) is 9.59 Å². The highest BCUT2D eigenvalue weighted by atomic mass is 16.2. The van der Waals surface area contributed by atoms with Crippen molar-refractivity contribution in [2.45, 2.75) is 13.5 Å². The number of carbonyl (C=O) groups is 2. The lowest BCUT2D eigenvalue weighted by Crippen LogP contribution is -3.14. The summed E-state index contributed by atoms with van der Waals surface area (Å²) in [5.74, 6) is 0.0542. The minimum absolute atomic E-state index is 0.0751. The SMILES string of the molecule is Cc1cccc(C[NH+]2CCN(C(=O)C[NH+](C)CC(=O)Nc3ccccc3)CC2)c1. The predicted octanol–water partition coefficient (Wildman–Crippen LogP) is -0.624. The van der Waals surface area contributed by atoms with Crippen LogP contribution in [0.15, 0.2) is 54.6 Å². The highest BCUT2D eigenvalue weighted by Gasteiger charge is 2.26. The largest absolute Gasteiger partial charge is 0.328 e. The molecule has 3 rings (SSSR count). The van der Waals surface area contributed by atoms with Gasteiger partial charge in [-0.25, -0.2) is 0 Å². The van der Waals surface area contributed by atoms with Crippen LogP contribution < -0.4 is 15.1 Å². The third-order valence-electron chi connectivity index (χ3n) is 5.33. The summed E-state index contributed by atoms with van der Waals surface area (Å²) >= 11 is 0. The Morgan fingerprint density at radius 2 is 1.76 bits per heavy atom. The Bertz CT molecular complexity index is 817. The Morgan fingerprint density at radius 1 is 1.03 bits per heavy atom. The van der Waals surface area contributed by atoms with Gasteiger partial charge in [0.15, 0.2) is 13.1 Å². The number of hydrogen-bond acceptors (Lipinski definition) is 2. The fraction of sp³-hybridized carbons (Fsp3) is 0.391. The first-order valence-corrected chi connectivity index (χ1v) is 10.3. The van der Waals surface area contributed by atoms with Crippen molar-refractivity contribution in [1.29, 1.82) is 0 Å². The molecule has 2 amide bonds. The number of anilines is 1. The molecule has 1 atom stereocenters. The van der Waals surface area contributed by atoms with Crippen LogP contribution in [0, 0.1) is 6.92 Å². The average molecular weight is 397 g/mol. The Labute approximate surface area is 173 Å². The summed E-state index contributed by atoms with van der Waals surface area (Å²) in [6.45, 7) is 7.24. The quantitative estimate of drug-likeness (QED) is 0.584. The lowest BCUT2D eigenvalue weighted by atomic mass is 10.1. The van der Waals surface area contributed by atoms with Gasteiger partial charge in [0.1, 0.15) is 6.54 Å². The van der Waals surface area contributed by atoms with Crippen molar-refractivity contribution in [2.75, 3.05) is 51.6 Å². The number of hydrogen-bond donors (Lipinski definition) is 3. The topological polar surface area (TPSA) is 58.3 Å². The van der Waals surface area contributed by atoms with Gasteiger partial charge in [-0.2, -0.15) is 0 Å². The molecule has 1 saturated heterocycles. The normalized spacial score (nSPS) is 15.7. The third-order valence-corrected chi connectivity index (χ3v) is 5.33. The van der Waals surface area contributed by atoms with Gasteiger partial charge >= 0.3 is 0 Å². The van der Waals surface area contributed by atoms with E-state index in [0.717, 1.165) is 43.3 Å². The monoisotopic (exact) mass is 396 g/mol. The molecule has 1 aliphatic heterocycles. The molecular weight excluding hydrogens is 364 g/mol. The summed E-state index contributed by atoms with van der Waals surface area (Å²) in [6.07, 6.45) is 0. The van der Waals surface area contributed by atoms with E-state index in [1.165, 1.54) is 16.0 Å². The Hall–Kier alpha value is -2.70. The number of likely N-dealkylation sites (N-methyl/N-ethyl adjacent to an activating group) is 1. The van der Waals surface area contributed by atoms with Gasteiger partial charge in [0, 0.05) is 11.3 Å². The molecule has 0 saturated carbocycles. The summed E-state index contributed by atoms with van der Waals surface area (Å²) in [6, 6.07) is 18.0. The summed E-state index contributed by atoms with van der Waals surface area (Å²) < 4.78 is 0. The highest BCUT2D eigenvalue weighted by Crippen LogP contribution is 2.04. The number of aryl methyl sites for hydroxylation is 1. The van der Waals surface area contributed by atoms with E-state index in [0.29, 0.717) is 6.54 Å². The number of nitrogens with one attached hydrogen (secondary N) is 3. The van der Waals surface area contributed by atoms with Crippen molar-refractivity contribution in [3.63, 3.8) is 0 Å². The van der Waals surface area contributed by atoms with Crippen molar-refractivity contribution in [1.82, 2.24) is 4.90 Å². The maximum Gasteiger partial charge on any atom is 0.279 e. The molecule has 1 unspecified atom stereocenters. The third kappa shape index (κ3) is 6.69. The first-order valence-electron chi connectivity index (χ1n) is 10.3. The molecule has 1 aliphatic rings. The molecule has 0 radical (unpaired) electrons. The molecule has 29 heavy (non-hydrogen) atoms. The van der Waals surface area contributed by atoms with Crippen LogP contribution in [-0.2, 0) is 16.1 Å². The van der Waals surface area contributed by atoms with Crippen LogP contribution in [0.2, 0.25) is 0 Å². The van der Waals surface area contributed by atoms with E-state index >= 15 is 0 Å². The Morgan fingerprint density at radius 3 is 2.45 bits per heavy atom. The number of benzene rings is 2. The van der Waals surface area contributed by atoms with Gasteiger partial charge in [-0.15, -0.1) is 0 Å². The fourth-order valence-electron chi connectivity index (χ4n) is 3.79. The van der Waals surface area contributed by atoms with Crippen molar-refractivity contribution in [2.24, 2.45) is 0 Å². The van der Waals surface area contributed by atoms with Crippen LogP contribution in [0.25, 0.3) is 0 Å². The smallest absolute Gasteiger partial charge is 0.279 e. The number of nitrogens with zero attached hydrogens (tertiary/aromatic N) is 1. The molecule has 1 fully saturated rings. The van der Waals surface area contributed by atoms with E-state index in [9.17, 15) is 9.59 Å². The van der Waals surface area contributed by atoms with Gasteiger partial charge < -0.3 is 20.0 Å². The number of piperazine rings is 1. The van der Waals surface area contributed by atoms with Gasteiger partial charge in [0.25, 0.3) is 11.8 Å². The molecule has 1 heterocycles. The molecule has 2 aromatic carbocycles. The summed E-state index contributed by atoms with van der Waals surface area (Å²) in [5.41, 5.74) is 3.43. The molecule has 154 valence electrons. The molecule has 0 aromatic heterocycles. The second-order valence-electron chi connectivity index (χ2n) is 8.02. The van der Waals surface area contributed by atoms with Crippen LogP contribution in [0.5, 0.6) is 0 Å². The van der Waals surface area contributed by atoms with E-state index in [4.69, 9.17) is 0 Å². The lowest BCUT2D eigenvalue weighted by Gasteiger charge is -2.32. The van der Waals surface area contributed by atoms with Crippen LogP contribution in [0.1, 0.15) is 11.1 Å². The number of carbonyl (C=O) groups excluding carboxylic acids is 2. The van der Waals surface area contributed by atoms with E-state index in [-0.39, 0.29) is 18.4 Å². The second kappa shape index (κ2) is 10.2. The second-order valence-corrected chi connectivity index (χ2v) is 8.02. The maximum atomic E-state index is 12.6. The first kappa shape index (κ1) is 21.0. The van der Waals surface area contributed by atoms with Crippen molar-refractivity contribution in [3.05, 3.63) is 65.7 Å². The molecule has 6 heteroatoms. The maximum absolute atomic E-state index is 12.6. The molecule has 6 nitrogen and oxygen atoms in total. The lowest BCUT2D eigenvalue weighted by molar-refractivity contribution is -0.917. The van der Waals surface area contributed by atoms with Gasteiger partial charge in [-0.1, -0.05) is 48.0 Å². The summed E-state index contributed by atoms with van der Waals surface area (Å²) in [4.78, 5) is 29.1. The van der Waals surface area contributed by atoms with Crippen molar-refractivity contribution in [3.8, 4) is 0 Å². The predicted molar refractivity (Wildman–Crippen MR) is 114 cm³/mol. The highest BCUT2D eigenvalue weighted by molar-refractivity contribution is 5.91. The number of rotatable bonds is 7. The van der Waals surface area contributed by atoms with E-state index in [1.807, 2.05) is 42.3 Å². The van der Waals surface area contributed by atoms with Crippen LogP contribution in [-0.4, -0.2) is 63.0 Å². The number of para-hydroxylation sites is 1. The summed E-state index contributed by atoms with van der Waals surface area (Å²) in [5, 5.41) is 2.87. The van der Waals surface area contributed by atoms with E-state index in [1.54, 1.807) is 0 Å². The standard InChI is InChI=1S/C23H30N4O2/c1-19-7-6-8-20(15-19)16-26-11-13-27(14-12-26)23(29)18-25(2)17-22(28)24-21-9-4-3-5-10-21/h3-10,15H,11-14,16-18H2,1-2H3,(H,24,28)/p+2. The van der Waals surface area contributed by atoms with Gasteiger partial charge in [0.2, 0.25) is 0 Å². The zero-order chi connectivity index (χ0) is 20.6. The molecular formula is C23H32N4O2+2. The van der Waals surface area contributed by atoms with Crippen LogP contribution in [0.3, 0.4) is 0 Å². The van der Waals surface area contributed by atoms with Crippen molar-refractivity contribution < 1.29 is 19.4 Å². The van der Waals surface area contributed by atoms with Gasteiger partial charge in [-0.05, 0) is 19.1 Å². The van der Waals surface area contributed by atoms with Crippen molar-refractivity contribution >= 4 is 17.5 Å².